The van der Waals surface area contributed by atoms with Crippen molar-refractivity contribution < 1.29 is 9.53 Å². The van der Waals surface area contributed by atoms with Gasteiger partial charge in [-0.15, -0.1) is 0 Å². The van der Waals surface area contributed by atoms with Gasteiger partial charge in [0, 0.05) is 6.08 Å². The highest BCUT2D eigenvalue weighted by Gasteiger charge is 1.96. The van der Waals surface area contributed by atoms with Crippen molar-refractivity contribution in [1.82, 2.24) is 0 Å². The summed E-state index contributed by atoms with van der Waals surface area (Å²) < 4.78 is 4.90. The van der Waals surface area contributed by atoms with E-state index in [0.717, 1.165) is 0 Å². The summed E-state index contributed by atoms with van der Waals surface area (Å²) in [4.78, 5) is 10.9. The summed E-state index contributed by atoms with van der Waals surface area (Å²) in [6.07, 6.45) is 3.00. The monoisotopic (exact) mass is 161 g/mol. The molecular formula is C10H9O2. The molecule has 12 heavy (non-hydrogen) atoms. The third-order valence-electron chi connectivity index (χ3n) is 1.20. The molecule has 0 fully saturated rings. The lowest BCUT2D eigenvalue weighted by molar-refractivity contribution is -0.128. The molecule has 0 aliphatic heterocycles. The minimum absolute atomic E-state index is 0.364. The molecule has 1 aromatic rings. The van der Waals surface area contributed by atoms with Gasteiger partial charge in [-0.25, -0.2) is 4.79 Å². The standard InChI is InChI=1S/C10H9O2/c1-2-6-10(11)12-9-7-4-3-5-8-9/h2-4,6-8H,1H3. The number of carbonyl (C=O) groups excluding carboxylic acids is 1. The Balaban J connectivity index is 2.59. The molecule has 2 nitrogen and oxygen atoms in total. The zero-order valence-electron chi connectivity index (χ0n) is 6.78. The zero-order valence-corrected chi connectivity index (χ0v) is 6.78. The van der Waals surface area contributed by atoms with Gasteiger partial charge in [0.2, 0.25) is 0 Å². The highest BCUT2D eigenvalue weighted by atomic mass is 16.5. The molecule has 0 bridgehead atoms. The minimum Gasteiger partial charge on any atom is -0.423 e. The topological polar surface area (TPSA) is 26.3 Å². The maximum atomic E-state index is 10.9. The smallest absolute Gasteiger partial charge is 0.335 e. The van der Waals surface area contributed by atoms with Crippen molar-refractivity contribution in [3.63, 3.8) is 0 Å². The number of allylic oxidation sites excluding steroid dienone is 1. The number of ether oxygens (including phenoxy) is 1. The van der Waals surface area contributed by atoms with E-state index in [2.05, 4.69) is 6.07 Å². The van der Waals surface area contributed by atoms with Crippen LogP contribution in [0.15, 0.2) is 36.4 Å². The molecule has 0 aliphatic carbocycles. The lowest BCUT2D eigenvalue weighted by atomic mass is 10.3. The first-order chi connectivity index (χ1) is 5.83. The van der Waals surface area contributed by atoms with E-state index in [1.165, 1.54) is 6.08 Å². The molecule has 0 unspecified atom stereocenters. The molecule has 61 valence electrons. The molecule has 0 N–H and O–H groups in total. The Kier molecular flexibility index (Phi) is 3.08. The SMILES string of the molecule is CC=CC(=O)Oc1c[c]ccc1. The quantitative estimate of drug-likeness (QED) is 0.376. The van der Waals surface area contributed by atoms with E-state index in [1.54, 1.807) is 37.3 Å². The van der Waals surface area contributed by atoms with Crippen LogP contribution in [0.25, 0.3) is 0 Å². The Bertz CT molecular complexity index is 275. The first-order valence-corrected chi connectivity index (χ1v) is 3.63. The number of benzene rings is 1. The van der Waals surface area contributed by atoms with E-state index < -0.39 is 0 Å². The van der Waals surface area contributed by atoms with Crippen LogP contribution >= 0.6 is 0 Å². The van der Waals surface area contributed by atoms with Crippen molar-refractivity contribution in [3.8, 4) is 5.75 Å². The lowest BCUT2D eigenvalue weighted by Crippen LogP contribution is -2.02. The van der Waals surface area contributed by atoms with E-state index >= 15 is 0 Å². The Morgan fingerprint density at radius 2 is 2.50 bits per heavy atom. The maximum absolute atomic E-state index is 10.9. The molecule has 0 heterocycles. The van der Waals surface area contributed by atoms with Gasteiger partial charge < -0.3 is 4.74 Å². The van der Waals surface area contributed by atoms with E-state index in [0.29, 0.717) is 5.75 Å². The normalized spacial score (nSPS) is 10.1. The largest absolute Gasteiger partial charge is 0.423 e. The van der Waals surface area contributed by atoms with E-state index in [9.17, 15) is 4.79 Å². The molecule has 2 heteroatoms. The van der Waals surface area contributed by atoms with Gasteiger partial charge in [0.05, 0.1) is 0 Å². The molecule has 0 aromatic heterocycles. The summed E-state index contributed by atoms with van der Waals surface area (Å²) in [5, 5.41) is 0. The molecule has 0 saturated heterocycles. The van der Waals surface area contributed by atoms with E-state index in [4.69, 9.17) is 4.74 Å². The van der Waals surface area contributed by atoms with Crippen LogP contribution in [0.5, 0.6) is 5.75 Å². The van der Waals surface area contributed by atoms with Gasteiger partial charge in [-0.3, -0.25) is 0 Å². The van der Waals surface area contributed by atoms with Crippen LogP contribution in [0.1, 0.15) is 6.92 Å². The zero-order chi connectivity index (χ0) is 8.81. The fraction of sp³-hybridized carbons (Fsp3) is 0.100. The van der Waals surface area contributed by atoms with Crippen molar-refractivity contribution in [1.29, 1.82) is 0 Å². The second-order valence-electron chi connectivity index (χ2n) is 2.16. The van der Waals surface area contributed by atoms with Crippen LogP contribution in [-0.4, -0.2) is 5.97 Å². The van der Waals surface area contributed by atoms with Crippen LogP contribution in [0.3, 0.4) is 0 Å². The lowest BCUT2D eigenvalue weighted by Gasteiger charge is -1.98. The van der Waals surface area contributed by atoms with Crippen LogP contribution in [0.4, 0.5) is 0 Å². The Morgan fingerprint density at radius 3 is 3.08 bits per heavy atom. The third kappa shape index (κ3) is 2.58. The van der Waals surface area contributed by atoms with Gasteiger partial charge in [-0.05, 0) is 25.1 Å². The number of carbonyl (C=O) groups is 1. The summed E-state index contributed by atoms with van der Waals surface area (Å²) in [5.41, 5.74) is 0. The molecule has 0 atom stereocenters. The predicted octanol–water partition coefficient (Wildman–Crippen LogP) is 1.97. The van der Waals surface area contributed by atoms with Crippen LogP contribution < -0.4 is 4.74 Å². The molecule has 0 amide bonds. The van der Waals surface area contributed by atoms with Gasteiger partial charge in [0.25, 0.3) is 0 Å². The summed E-state index contributed by atoms with van der Waals surface area (Å²) in [5.74, 6) is 0.151. The summed E-state index contributed by atoms with van der Waals surface area (Å²) in [7, 11) is 0. The predicted molar refractivity (Wildman–Crippen MR) is 45.7 cm³/mol. The van der Waals surface area contributed by atoms with Gasteiger partial charge >= 0.3 is 5.97 Å². The van der Waals surface area contributed by atoms with Gasteiger partial charge in [-0.1, -0.05) is 18.2 Å². The molecule has 1 aromatic carbocycles. The Morgan fingerprint density at radius 1 is 1.67 bits per heavy atom. The second-order valence-corrected chi connectivity index (χ2v) is 2.16. The maximum Gasteiger partial charge on any atom is 0.335 e. The molecule has 1 rings (SSSR count). The third-order valence-corrected chi connectivity index (χ3v) is 1.20. The van der Waals surface area contributed by atoms with Crippen LogP contribution in [0.2, 0.25) is 0 Å². The van der Waals surface area contributed by atoms with Crippen molar-refractivity contribution in [2.75, 3.05) is 0 Å². The Hall–Kier alpha value is -1.57. The average molecular weight is 161 g/mol. The fourth-order valence-corrected chi connectivity index (χ4v) is 0.727. The van der Waals surface area contributed by atoms with Crippen LogP contribution in [0, 0.1) is 6.07 Å². The number of esters is 1. The number of rotatable bonds is 2. The second kappa shape index (κ2) is 4.34. The minimum atomic E-state index is -0.364. The van der Waals surface area contributed by atoms with E-state index in [1.807, 2.05) is 0 Å². The van der Waals surface area contributed by atoms with Crippen molar-refractivity contribution in [2.24, 2.45) is 0 Å². The molecule has 0 saturated carbocycles. The summed E-state index contributed by atoms with van der Waals surface area (Å²) in [6, 6.07) is 9.63. The van der Waals surface area contributed by atoms with Crippen molar-refractivity contribution in [2.45, 2.75) is 6.92 Å². The van der Waals surface area contributed by atoms with Gasteiger partial charge in [0.15, 0.2) is 0 Å². The Labute approximate surface area is 71.5 Å². The number of hydrogen-bond acceptors (Lipinski definition) is 2. The van der Waals surface area contributed by atoms with Crippen LogP contribution in [-0.2, 0) is 4.79 Å². The molecular weight excluding hydrogens is 152 g/mol. The molecule has 0 spiro atoms. The summed E-state index contributed by atoms with van der Waals surface area (Å²) >= 11 is 0. The van der Waals surface area contributed by atoms with Gasteiger partial charge in [-0.2, -0.15) is 0 Å². The highest BCUT2D eigenvalue weighted by Crippen LogP contribution is 2.07. The average Bonchev–Trinajstić information content (AvgIpc) is 2.06. The highest BCUT2D eigenvalue weighted by molar-refractivity contribution is 5.83. The van der Waals surface area contributed by atoms with Crippen molar-refractivity contribution in [3.05, 3.63) is 42.5 Å². The first-order valence-electron chi connectivity index (χ1n) is 3.63. The van der Waals surface area contributed by atoms with Crippen molar-refractivity contribution >= 4 is 5.97 Å². The molecule has 0 aliphatic rings. The fourth-order valence-electron chi connectivity index (χ4n) is 0.727. The summed E-state index contributed by atoms with van der Waals surface area (Å²) in [6.45, 7) is 1.76. The number of hydrogen-bond donors (Lipinski definition) is 0. The molecule has 1 radical (unpaired) electrons. The van der Waals surface area contributed by atoms with Gasteiger partial charge in [0.1, 0.15) is 5.75 Å². The van der Waals surface area contributed by atoms with E-state index in [-0.39, 0.29) is 5.97 Å². The first kappa shape index (κ1) is 8.53.